The van der Waals surface area contributed by atoms with E-state index in [0.717, 1.165) is 0 Å². The Hall–Kier alpha value is -0.875. The van der Waals surface area contributed by atoms with E-state index in [9.17, 15) is 17.7 Å². The van der Waals surface area contributed by atoms with Crippen molar-refractivity contribution in [2.24, 2.45) is 0 Å². The van der Waals surface area contributed by atoms with E-state index >= 15 is 0 Å². The normalized spacial score (nSPS) is 25.7. The van der Waals surface area contributed by atoms with Gasteiger partial charge in [0, 0.05) is 6.04 Å². The van der Waals surface area contributed by atoms with Crippen molar-refractivity contribution < 1.29 is 22.5 Å². The third-order valence-corrected chi connectivity index (χ3v) is 3.01. The fourth-order valence-corrected chi connectivity index (χ4v) is 2.25. The number of ether oxygens (including phenoxy) is 1. The van der Waals surface area contributed by atoms with Gasteiger partial charge in [-0.25, -0.2) is 4.79 Å². The van der Waals surface area contributed by atoms with Crippen LogP contribution in [0.2, 0.25) is 5.82 Å². The van der Waals surface area contributed by atoms with E-state index in [-0.39, 0.29) is 6.42 Å². The summed E-state index contributed by atoms with van der Waals surface area (Å²) in [6.45, 7) is 0.121. The van der Waals surface area contributed by atoms with Gasteiger partial charge in [-0.2, -0.15) is 0 Å². The van der Waals surface area contributed by atoms with Gasteiger partial charge in [0.2, 0.25) is 0 Å². The van der Waals surface area contributed by atoms with Crippen LogP contribution in [-0.2, 0) is 4.74 Å². The predicted molar refractivity (Wildman–Crippen MR) is 64.5 cm³/mol. The van der Waals surface area contributed by atoms with Gasteiger partial charge in [-0.3, -0.25) is 0 Å². The van der Waals surface area contributed by atoms with Crippen LogP contribution in [-0.4, -0.2) is 24.7 Å². The van der Waals surface area contributed by atoms with E-state index in [0.29, 0.717) is 19.3 Å². The second-order valence-electron chi connectivity index (χ2n) is 5.83. The molecule has 1 aliphatic rings. The van der Waals surface area contributed by atoms with Crippen molar-refractivity contribution in [2.75, 3.05) is 0 Å². The molecule has 1 aliphatic carbocycles. The van der Waals surface area contributed by atoms with Gasteiger partial charge in [0.15, 0.2) is 0 Å². The highest BCUT2D eigenvalue weighted by Crippen LogP contribution is 2.39. The number of halogens is 3. The number of hydrogen-bond donors (Lipinski definition) is 1. The lowest BCUT2D eigenvalue weighted by Gasteiger charge is -2.38. The van der Waals surface area contributed by atoms with Gasteiger partial charge in [0.25, 0.3) is 0 Å². The molecule has 106 valence electrons. The summed E-state index contributed by atoms with van der Waals surface area (Å²) in [5.74, 6) is -1.40. The maximum absolute atomic E-state index is 12.9. The summed E-state index contributed by atoms with van der Waals surface area (Å²) in [6.07, 6.45) is 0.982. The number of amides is 1. The standard InChI is InChI=1S/C11H20BF3NO2/c1-11(2,3)18-10(17)16-9-7-5-4-6-8(9)12(13,14)15/h8-9H,4-7H2,1-3H3,(H,16,17)/q-1. The van der Waals surface area contributed by atoms with E-state index in [1.165, 1.54) is 0 Å². The zero-order valence-corrected chi connectivity index (χ0v) is 11.0. The number of carbonyl (C=O) groups is 1. The van der Waals surface area contributed by atoms with E-state index in [1.54, 1.807) is 20.8 Å². The fraction of sp³-hybridized carbons (Fsp3) is 0.909. The zero-order chi connectivity index (χ0) is 14.0. The molecule has 0 radical (unpaired) electrons. The first-order chi connectivity index (χ1) is 8.09. The monoisotopic (exact) mass is 266 g/mol. The first kappa shape index (κ1) is 15.2. The highest BCUT2D eigenvalue weighted by atomic mass is 19.4. The molecule has 0 heterocycles. The van der Waals surface area contributed by atoms with Crippen molar-refractivity contribution in [1.82, 2.24) is 5.32 Å². The Kier molecular flexibility index (Phi) is 4.56. The molecule has 1 fully saturated rings. The SMILES string of the molecule is CC(C)(C)OC(=O)NC1CCCCC1[B-](F)(F)F. The number of nitrogens with one attached hydrogen (secondary N) is 1. The lowest BCUT2D eigenvalue weighted by atomic mass is 9.62. The quantitative estimate of drug-likeness (QED) is 0.774. The van der Waals surface area contributed by atoms with E-state index in [4.69, 9.17) is 4.74 Å². The highest BCUT2D eigenvalue weighted by molar-refractivity contribution is 6.60. The molecule has 0 aromatic carbocycles. The Morgan fingerprint density at radius 1 is 1.22 bits per heavy atom. The van der Waals surface area contributed by atoms with Crippen molar-refractivity contribution in [3.8, 4) is 0 Å². The van der Waals surface area contributed by atoms with Crippen LogP contribution in [0.15, 0.2) is 0 Å². The third-order valence-electron chi connectivity index (χ3n) is 3.01. The molecule has 0 bridgehead atoms. The Balaban J connectivity index is 2.60. The zero-order valence-electron chi connectivity index (χ0n) is 11.0. The maximum Gasteiger partial charge on any atom is 0.483 e. The Labute approximate surface area is 106 Å². The molecule has 0 spiro atoms. The summed E-state index contributed by atoms with van der Waals surface area (Å²) >= 11 is 0. The molecule has 2 atom stereocenters. The molecule has 1 saturated carbocycles. The van der Waals surface area contributed by atoms with Crippen LogP contribution in [0.3, 0.4) is 0 Å². The summed E-state index contributed by atoms with van der Waals surface area (Å²) in [5.41, 5.74) is -0.697. The molecule has 0 aromatic rings. The fourth-order valence-electron chi connectivity index (χ4n) is 2.25. The average Bonchev–Trinajstić information content (AvgIpc) is 2.13. The lowest BCUT2D eigenvalue weighted by Crippen LogP contribution is -2.47. The largest absolute Gasteiger partial charge is 0.483 e. The van der Waals surface area contributed by atoms with Crippen LogP contribution in [0.4, 0.5) is 17.7 Å². The Morgan fingerprint density at radius 3 is 2.28 bits per heavy atom. The van der Waals surface area contributed by atoms with Gasteiger partial charge in [0.1, 0.15) is 5.60 Å². The molecule has 1 amide bonds. The summed E-state index contributed by atoms with van der Waals surface area (Å²) in [6, 6.07) is -0.839. The molecule has 7 heteroatoms. The van der Waals surface area contributed by atoms with Crippen LogP contribution in [0, 0.1) is 0 Å². The second kappa shape index (κ2) is 5.40. The highest BCUT2D eigenvalue weighted by Gasteiger charge is 2.42. The molecular weight excluding hydrogens is 246 g/mol. The minimum Gasteiger partial charge on any atom is -0.449 e. The van der Waals surface area contributed by atoms with Gasteiger partial charge in [-0.05, 0) is 27.2 Å². The molecule has 1 N–H and O–H groups in total. The first-order valence-electron chi connectivity index (χ1n) is 6.29. The molecule has 18 heavy (non-hydrogen) atoms. The van der Waals surface area contributed by atoms with Crippen molar-refractivity contribution in [3.63, 3.8) is 0 Å². The van der Waals surface area contributed by atoms with Crippen LogP contribution in [0.25, 0.3) is 0 Å². The summed E-state index contributed by atoms with van der Waals surface area (Å²) in [5, 5.41) is 2.37. The van der Waals surface area contributed by atoms with Gasteiger partial charge in [0.05, 0.1) is 0 Å². The number of alkyl carbamates (subject to hydrolysis) is 1. The van der Waals surface area contributed by atoms with Gasteiger partial charge in [-0.15, -0.1) is 0 Å². The lowest BCUT2D eigenvalue weighted by molar-refractivity contribution is 0.0489. The summed E-state index contributed by atoms with van der Waals surface area (Å²) in [7, 11) is 0. The van der Waals surface area contributed by atoms with Crippen molar-refractivity contribution in [3.05, 3.63) is 0 Å². The summed E-state index contributed by atoms with van der Waals surface area (Å²) in [4.78, 5) is 11.5. The molecule has 0 saturated heterocycles. The van der Waals surface area contributed by atoms with Crippen LogP contribution in [0.5, 0.6) is 0 Å². The van der Waals surface area contributed by atoms with Crippen LogP contribution >= 0.6 is 0 Å². The average molecular weight is 266 g/mol. The number of hydrogen-bond acceptors (Lipinski definition) is 2. The second-order valence-corrected chi connectivity index (χ2v) is 5.83. The van der Waals surface area contributed by atoms with Gasteiger partial charge in [-0.1, -0.05) is 25.1 Å². The minimum absolute atomic E-state index is 0.101. The molecule has 2 unspecified atom stereocenters. The number of carbonyl (C=O) groups excluding carboxylic acids is 1. The third kappa shape index (κ3) is 4.78. The first-order valence-corrected chi connectivity index (χ1v) is 6.29. The van der Waals surface area contributed by atoms with E-state index < -0.39 is 30.5 Å². The Bertz CT molecular complexity index is 302. The predicted octanol–water partition coefficient (Wildman–Crippen LogP) is 3.67. The van der Waals surface area contributed by atoms with E-state index in [1.807, 2.05) is 0 Å². The molecule has 3 nitrogen and oxygen atoms in total. The molecule has 0 aromatic heterocycles. The van der Waals surface area contributed by atoms with Crippen LogP contribution < -0.4 is 5.32 Å². The summed E-state index contributed by atoms with van der Waals surface area (Å²) < 4.78 is 43.5. The van der Waals surface area contributed by atoms with Gasteiger partial charge < -0.3 is 23.0 Å². The van der Waals surface area contributed by atoms with Crippen LogP contribution in [0.1, 0.15) is 46.5 Å². The van der Waals surface area contributed by atoms with Crippen molar-refractivity contribution in [2.45, 2.75) is 63.9 Å². The number of rotatable bonds is 2. The van der Waals surface area contributed by atoms with E-state index in [2.05, 4.69) is 5.32 Å². The minimum atomic E-state index is -4.92. The maximum atomic E-state index is 12.9. The smallest absolute Gasteiger partial charge is 0.449 e. The topological polar surface area (TPSA) is 38.3 Å². The van der Waals surface area contributed by atoms with Crippen molar-refractivity contribution >= 4 is 13.1 Å². The molecule has 1 rings (SSSR count). The van der Waals surface area contributed by atoms with Gasteiger partial charge >= 0.3 is 13.1 Å². The van der Waals surface area contributed by atoms with Crippen molar-refractivity contribution in [1.29, 1.82) is 0 Å². The molecular formula is C11H20BF3NO2-. The molecule has 0 aliphatic heterocycles. The Morgan fingerprint density at radius 2 is 1.78 bits per heavy atom.